The highest BCUT2D eigenvalue weighted by molar-refractivity contribution is 7.89. The van der Waals surface area contributed by atoms with Crippen LogP contribution in [-0.4, -0.2) is 40.7 Å². The minimum Gasteiger partial charge on any atom is -0.351 e. The maximum Gasteiger partial charge on any atom is 0.451 e. The number of carbonyl (C=O) groups is 1. The summed E-state index contributed by atoms with van der Waals surface area (Å²) in [5, 5.41) is 12.2. The molecule has 2 heterocycles. The minimum atomic E-state index is -4.70. The molecule has 1 saturated heterocycles. The number of nitrogens with one attached hydrogen (secondary N) is 1. The molecule has 0 radical (unpaired) electrons. The molecule has 0 saturated carbocycles. The molecule has 3 atom stereocenters. The van der Waals surface area contributed by atoms with Gasteiger partial charge in [-0.1, -0.05) is 12.1 Å². The molecule has 208 valence electrons. The second-order valence-electron chi connectivity index (χ2n) is 9.18. The smallest absolute Gasteiger partial charge is 0.351 e. The Labute approximate surface area is 228 Å². The molecule has 3 aromatic rings. The van der Waals surface area contributed by atoms with Crippen molar-refractivity contribution in [1.82, 2.24) is 19.6 Å². The third kappa shape index (κ3) is 5.73. The van der Waals surface area contributed by atoms with Gasteiger partial charge in [0.25, 0.3) is 0 Å². The molecule has 0 bridgehead atoms. The van der Waals surface area contributed by atoms with E-state index < -0.39 is 45.8 Å². The van der Waals surface area contributed by atoms with Gasteiger partial charge in [0, 0.05) is 30.5 Å². The van der Waals surface area contributed by atoms with E-state index in [0.29, 0.717) is 11.1 Å². The summed E-state index contributed by atoms with van der Waals surface area (Å²) in [6, 6.07) is 9.06. The van der Waals surface area contributed by atoms with Crippen molar-refractivity contribution in [2.45, 2.75) is 43.0 Å². The molecule has 2 aromatic carbocycles. The summed E-state index contributed by atoms with van der Waals surface area (Å²) in [7, 11) is -4.18. The molecule has 1 aliphatic rings. The van der Waals surface area contributed by atoms with E-state index >= 15 is 0 Å². The zero-order chi connectivity index (χ0) is 29.2. The van der Waals surface area contributed by atoms with Gasteiger partial charge in [0.1, 0.15) is 11.9 Å². The number of amides is 1. The maximum absolute atomic E-state index is 13.5. The van der Waals surface area contributed by atoms with Gasteiger partial charge < -0.3 is 5.32 Å². The van der Waals surface area contributed by atoms with Gasteiger partial charge in [-0.2, -0.15) is 22.7 Å². The Morgan fingerprint density at radius 3 is 2.40 bits per heavy atom. The first-order valence-corrected chi connectivity index (χ1v) is 13.4. The third-order valence-corrected chi connectivity index (χ3v) is 8.75. The topological polar surface area (TPSA) is 116 Å². The fourth-order valence-electron chi connectivity index (χ4n) is 4.61. The van der Waals surface area contributed by atoms with Crippen LogP contribution in [-0.2, 0) is 27.5 Å². The van der Waals surface area contributed by atoms with E-state index in [1.165, 1.54) is 18.2 Å². The number of nitrogens with zero attached hydrogens (tertiary/aromatic N) is 4. The van der Waals surface area contributed by atoms with Crippen LogP contribution in [0.2, 0.25) is 0 Å². The van der Waals surface area contributed by atoms with Gasteiger partial charge in [0.15, 0.2) is 0 Å². The van der Waals surface area contributed by atoms with Crippen LogP contribution in [0, 0.1) is 23.1 Å². The van der Waals surface area contributed by atoms with Crippen LogP contribution in [0.3, 0.4) is 0 Å². The number of alkyl halides is 3. The average Bonchev–Trinajstić information content (AvgIpc) is 3.28. The Kier molecular flexibility index (Phi) is 8.04. The van der Waals surface area contributed by atoms with Gasteiger partial charge in [-0.15, -0.1) is 6.58 Å². The number of benzene rings is 2. The highest BCUT2D eigenvalue weighted by Crippen LogP contribution is 2.36. The highest BCUT2D eigenvalue weighted by atomic mass is 32.2. The molecule has 4 rings (SSSR count). The number of nitriles is 1. The molecule has 0 unspecified atom stereocenters. The van der Waals surface area contributed by atoms with Crippen molar-refractivity contribution >= 4 is 15.9 Å². The van der Waals surface area contributed by atoms with Crippen LogP contribution < -0.4 is 5.32 Å². The lowest BCUT2D eigenvalue weighted by Gasteiger charge is -2.27. The second kappa shape index (κ2) is 11.1. The van der Waals surface area contributed by atoms with Crippen molar-refractivity contribution in [3.05, 3.63) is 90.3 Å². The first-order valence-electron chi connectivity index (χ1n) is 12.0. The van der Waals surface area contributed by atoms with Crippen molar-refractivity contribution in [3.63, 3.8) is 0 Å². The summed E-state index contributed by atoms with van der Waals surface area (Å²) in [5.41, 5.74) is 1.24. The maximum atomic E-state index is 13.5. The van der Waals surface area contributed by atoms with Gasteiger partial charge in [-0.05, 0) is 66.8 Å². The molecule has 0 aliphatic carbocycles. The molecule has 8 nitrogen and oxygen atoms in total. The zero-order valence-corrected chi connectivity index (χ0v) is 21.9. The second-order valence-corrected chi connectivity index (χ2v) is 11.0. The van der Waals surface area contributed by atoms with Gasteiger partial charge in [0.05, 0.1) is 16.5 Å². The molecule has 1 aromatic heterocycles. The first-order chi connectivity index (χ1) is 18.9. The minimum absolute atomic E-state index is 0.158. The van der Waals surface area contributed by atoms with E-state index in [9.17, 15) is 36.0 Å². The third-order valence-electron chi connectivity index (χ3n) is 6.74. The van der Waals surface area contributed by atoms with E-state index in [1.54, 1.807) is 13.0 Å². The van der Waals surface area contributed by atoms with E-state index in [4.69, 9.17) is 0 Å². The number of halogens is 4. The quantitative estimate of drug-likeness (QED) is 0.330. The Hall–Kier alpha value is -4.15. The van der Waals surface area contributed by atoms with E-state index in [-0.39, 0.29) is 34.9 Å². The average molecular weight is 574 g/mol. The predicted octanol–water partition coefficient (Wildman–Crippen LogP) is 4.44. The van der Waals surface area contributed by atoms with Crippen LogP contribution in [0.25, 0.3) is 11.1 Å². The summed E-state index contributed by atoms with van der Waals surface area (Å²) >= 11 is 0. The van der Waals surface area contributed by atoms with E-state index in [0.717, 1.165) is 41.0 Å². The summed E-state index contributed by atoms with van der Waals surface area (Å²) in [5.74, 6) is -2.84. The van der Waals surface area contributed by atoms with Crippen molar-refractivity contribution in [1.29, 1.82) is 5.26 Å². The van der Waals surface area contributed by atoms with E-state index in [1.807, 2.05) is 6.07 Å². The molecule has 0 spiro atoms. The molecular formula is C27H23F4N5O3S. The Morgan fingerprint density at radius 1 is 1.18 bits per heavy atom. The van der Waals surface area contributed by atoms with Gasteiger partial charge in [-0.3, -0.25) is 4.79 Å². The summed E-state index contributed by atoms with van der Waals surface area (Å²) in [6.07, 6.45) is -0.946. The molecule has 1 fully saturated rings. The summed E-state index contributed by atoms with van der Waals surface area (Å²) < 4.78 is 79.9. The molecule has 1 aliphatic heterocycles. The Morgan fingerprint density at radius 2 is 1.82 bits per heavy atom. The van der Waals surface area contributed by atoms with Crippen LogP contribution in [0.4, 0.5) is 17.6 Å². The monoisotopic (exact) mass is 573 g/mol. The Balaban J connectivity index is 1.58. The SMILES string of the molecule is C=C[C@@H]1C[C@@H](C(=O)NCc2cc(-c3cnc(C(F)(F)F)nc3)ccc2C#N)N(S(=O)(=O)c2ccc(F)cc2)[C@H]1C. The largest absolute Gasteiger partial charge is 0.451 e. The van der Waals surface area contributed by atoms with Crippen molar-refractivity contribution in [2.75, 3.05) is 0 Å². The van der Waals surface area contributed by atoms with Crippen LogP contribution in [0.15, 0.2) is 72.4 Å². The van der Waals surface area contributed by atoms with Gasteiger partial charge >= 0.3 is 6.18 Å². The zero-order valence-electron chi connectivity index (χ0n) is 21.1. The van der Waals surface area contributed by atoms with Crippen LogP contribution >= 0.6 is 0 Å². The Bertz CT molecular complexity index is 1570. The van der Waals surface area contributed by atoms with Crippen molar-refractivity contribution in [2.24, 2.45) is 5.92 Å². The molecule has 1 amide bonds. The number of sulfonamides is 1. The molecule has 40 heavy (non-hydrogen) atoms. The normalized spacial score (nSPS) is 19.6. The van der Waals surface area contributed by atoms with Crippen LogP contribution in [0.1, 0.15) is 30.3 Å². The number of rotatable bonds is 7. The summed E-state index contributed by atoms with van der Waals surface area (Å²) in [4.78, 5) is 19.9. The predicted molar refractivity (Wildman–Crippen MR) is 136 cm³/mol. The standard InChI is InChI=1S/C27H23F4N5O3S/c1-3-17-11-24(36(16(17)2)40(38,39)23-8-6-22(28)7-9-23)25(37)33-13-20-10-18(4-5-19(20)12-32)21-14-34-26(35-15-21)27(29,30)31/h3-10,14-17,24H,1,11,13H2,2H3,(H,33,37)/t16-,17+,24-/m0/s1. The number of aromatic nitrogens is 2. The van der Waals surface area contributed by atoms with Gasteiger partial charge in [0.2, 0.25) is 21.8 Å². The molecular weight excluding hydrogens is 550 g/mol. The molecule has 13 heteroatoms. The lowest BCUT2D eigenvalue weighted by Crippen LogP contribution is -2.48. The van der Waals surface area contributed by atoms with Crippen molar-refractivity contribution in [3.8, 4) is 17.2 Å². The number of carbonyl (C=O) groups excluding carboxylic acids is 1. The number of hydrogen-bond acceptors (Lipinski definition) is 6. The highest BCUT2D eigenvalue weighted by Gasteiger charge is 2.47. The van der Waals surface area contributed by atoms with Gasteiger partial charge in [-0.25, -0.2) is 22.8 Å². The number of hydrogen-bond donors (Lipinski definition) is 1. The molecule has 1 N–H and O–H groups in total. The lowest BCUT2D eigenvalue weighted by molar-refractivity contribution is -0.145. The van der Waals surface area contributed by atoms with Crippen molar-refractivity contribution < 1.29 is 30.8 Å². The summed E-state index contributed by atoms with van der Waals surface area (Å²) in [6.45, 7) is 5.25. The fraction of sp³-hybridized carbons (Fsp3) is 0.259. The lowest BCUT2D eigenvalue weighted by atomic mass is 10.00. The fourth-order valence-corrected chi connectivity index (χ4v) is 6.45. The van der Waals surface area contributed by atoms with E-state index in [2.05, 4.69) is 21.9 Å². The van der Waals surface area contributed by atoms with Crippen LogP contribution in [0.5, 0.6) is 0 Å². The first kappa shape index (κ1) is 28.8.